The number of halogens is 2. The first-order valence-electron chi connectivity index (χ1n) is 8.18. The van der Waals surface area contributed by atoms with E-state index in [1.807, 2.05) is 0 Å². The first-order valence-corrected chi connectivity index (χ1v) is 8.56. The van der Waals surface area contributed by atoms with Crippen molar-refractivity contribution in [3.05, 3.63) is 58.9 Å². The molecule has 1 saturated heterocycles. The molecule has 3 aromatic rings. The van der Waals surface area contributed by atoms with Gasteiger partial charge >= 0.3 is 0 Å². The average Bonchev–Trinajstić information content (AvgIpc) is 3.04. The molecule has 4 rings (SSSR count). The van der Waals surface area contributed by atoms with Crippen LogP contribution in [0.1, 0.15) is 41.5 Å². The molecule has 25 heavy (non-hydrogen) atoms. The monoisotopic (exact) mass is 358 g/mol. The third-order valence-corrected chi connectivity index (χ3v) is 4.70. The Hall–Kier alpha value is -2.47. The molecule has 1 fully saturated rings. The number of carbonyl (C=O) groups is 1. The molecule has 1 unspecified atom stereocenters. The van der Waals surface area contributed by atoms with Crippen molar-refractivity contribution in [3.8, 4) is 0 Å². The van der Waals surface area contributed by atoms with E-state index in [2.05, 4.69) is 15.0 Å². The summed E-state index contributed by atoms with van der Waals surface area (Å²) in [6, 6.07) is 5.89. The Morgan fingerprint density at radius 2 is 2.16 bits per heavy atom. The van der Waals surface area contributed by atoms with E-state index in [0.29, 0.717) is 34.0 Å². The number of fused-ring (bicyclic) bond motifs is 1. The Balaban J connectivity index is 1.69. The minimum atomic E-state index is -0.315. The summed E-state index contributed by atoms with van der Waals surface area (Å²) in [5.41, 5.74) is 1.79. The van der Waals surface area contributed by atoms with Crippen LogP contribution in [-0.2, 0) is 0 Å². The zero-order valence-electron chi connectivity index (χ0n) is 13.4. The Bertz CT molecular complexity index is 942. The predicted octanol–water partition coefficient (Wildman–Crippen LogP) is 4.12. The number of hydrogen-bond acceptors (Lipinski definition) is 3. The van der Waals surface area contributed by atoms with Crippen LogP contribution in [0.5, 0.6) is 0 Å². The highest BCUT2D eigenvalue weighted by molar-refractivity contribution is 6.30. The quantitative estimate of drug-likeness (QED) is 0.749. The number of aromatic amines is 1. The number of carbonyl (C=O) groups excluding carboxylic acids is 1. The van der Waals surface area contributed by atoms with E-state index in [1.165, 1.54) is 24.5 Å². The maximum Gasteiger partial charge on any atom is 0.256 e. The van der Waals surface area contributed by atoms with Crippen LogP contribution in [0.4, 0.5) is 4.39 Å². The summed E-state index contributed by atoms with van der Waals surface area (Å²) in [5.74, 6) is 0.249. The number of nitrogens with zero attached hydrogens (tertiary/aromatic N) is 3. The van der Waals surface area contributed by atoms with Crippen molar-refractivity contribution in [1.82, 2.24) is 19.9 Å². The summed E-state index contributed by atoms with van der Waals surface area (Å²) in [5, 5.41) is 0.429. The molecule has 5 nitrogen and oxygen atoms in total. The summed E-state index contributed by atoms with van der Waals surface area (Å²) in [6.07, 6.45) is 5.77. The van der Waals surface area contributed by atoms with Crippen molar-refractivity contribution in [2.45, 2.75) is 25.3 Å². The van der Waals surface area contributed by atoms with Crippen molar-refractivity contribution >= 4 is 28.5 Å². The molecular weight excluding hydrogens is 343 g/mol. The molecule has 1 aliphatic rings. The van der Waals surface area contributed by atoms with E-state index in [0.717, 1.165) is 19.3 Å². The highest BCUT2D eigenvalue weighted by Crippen LogP contribution is 2.32. The topological polar surface area (TPSA) is 61.9 Å². The smallest absolute Gasteiger partial charge is 0.256 e. The highest BCUT2D eigenvalue weighted by Gasteiger charge is 2.31. The molecule has 1 aliphatic heterocycles. The molecule has 1 aromatic carbocycles. The number of amides is 1. The standard InChI is InChI=1S/C18H16ClFN4O/c19-12-7-11(9-21-10-12)18(25)24-6-2-1-3-16(24)17-22-14-5-4-13(20)8-15(14)23-17/h4-5,7-10,16H,1-3,6H2,(H,22,23). The number of H-pyrrole nitrogens is 1. The maximum atomic E-state index is 13.4. The molecule has 2 aromatic heterocycles. The lowest BCUT2D eigenvalue weighted by Gasteiger charge is -2.34. The van der Waals surface area contributed by atoms with Gasteiger partial charge in [-0.2, -0.15) is 0 Å². The van der Waals surface area contributed by atoms with Gasteiger partial charge in [0.25, 0.3) is 5.91 Å². The minimum Gasteiger partial charge on any atom is -0.340 e. The number of piperidine rings is 1. The number of rotatable bonds is 2. The molecule has 128 valence electrons. The summed E-state index contributed by atoms with van der Waals surface area (Å²) >= 11 is 5.96. The number of hydrogen-bond donors (Lipinski definition) is 1. The van der Waals surface area contributed by atoms with Gasteiger partial charge in [0.2, 0.25) is 0 Å². The van der Waals surface area contributed by atoms with Gasteiger partial charge in [-0.25, -0.2) is 9.37 Å². The number of aromatic nitrogens is 3. The van der Waals surface area contributed by atoms with E-state index in [4.69, 9.17) is 11.6 Å². The molecule has 1 atom stereocenters. The van der Waals surface area contributed by atoms with Crippen molar-refractivity contribution in [2.75, 3.05) is 6.54 Å². The van der Waals surface area contributed by atoms with Crippen LogP contribution in [0.25, 0.3) is 11.0 Å². The third kappa shape index (κ3) is 3.09. The van der Waals surface area contributed by atoms with Gasteiger partial charge < -0.3 is 9.88 Å². The summed E-state index contributed by atoms with van der Waals surface area (Å²) in [6.45, 7) is 0.640. The molecule has 0 radical (unpaired) electrons. The fourth-order valence-electron chi connectivity index (χ4n) is 3.31. The number of nitrogens with one attached hydrogen (secondary N) is 1. The normalized spacial score (nSPS) is 17.8. The number of likely N-dealkylation sites (tertiary alicyclic amines) is 1. The van der Waals surface area contributed by atoms with Crippen LogP contribution in [-0.4, -0.2) is 32.3 Å². The molecule has 0 spiro atoms. The Labute approximate surface area is 148 Å². The Kier molecular flexibility index (Phi) is 4.13. The van der Waals surface area contributed by atoms with Crippen molar-refractivity contribution in [3.63, 3.8) is 0 Å². The van der Waals surface area contributed by atoms with Gasteiger partial charge in [0.1, 0.15) is 11.6 Å². The minimum absolute atomic E-state index is 0.119. The van der Waals surface area contributed by atoms with Gasteiger partial charge in [-0.05, 0) is 43.5 Å². The first-order chi connectivity index (χ1) is 12.1. The fourth-order valence-corrected chi connectivity index (χ4v) is 3.49. The maximum absolute atomic E-state index is 13.4. The number of imidazole rings is 1. The van der Waals surface area contributed by atoms with Gasteiger partial charge in [0.05, 0.1) is 27.7 Å². The molecule has 0 aliphatic carbocycles. The summed E-state index contributed by atoms with van der Waals surface area (Å²) < 4.78 is 13.4. The lowest BCUT2D eigenvalue weighted by atomic mass is 10.0. The van der Waals surface area contributed by atoms with E-state index in [-0.39, 0.29) is 17.8 Å². The van der Waals surface area contributed by atoms with E-state index >= 15 is 0 Å². The van der Waals surface area contributed by atoms with Gasteiger partial charge in [0, 0.05) is 18.9 Å². The number of benzene rings is 1. The summed E-state index contributed by atoms with van der Waals surface area (Å²) in [7, 11) is 0. The van der Waals surface area contributed by atoms with Gasteiger partial charge in [-0.1, -0.05) is 11.6 Å². The fraction of sp³-hybridized carbons (Fsp3) is 0.278. The second kappa shape index (κ2) is 6.44. The molecule has 3 heterocycles. The zero-order chi connectivity index (χ0) is 17.4. The highest BCUT2D eigenvalue weighted by atomic mass is 35.5. The molecule has 1 amide bonds. The number of pyridine rings is 1. The third-order valence-electron chi connectivity index (χ3n) is 4.49. The largest absolute Gasteiger partial charge is 0.340 e. The Morgan fingerprint density at radius 1 is 1.28 bits per heavy atom. The molecular formula is C18H16ClFN4O. The summed E-state index contributed by atoms with van der Waals surface area (Å²) in [4.78, 5) is 26.5. The lowest BCUT2D eigenvalue weighted by Crippen LogP contribution is -2.39. The van der Waals surface area contributed by atoms with Crippen LogP contribution in [0, 0.1) is 5.82 Å². The van der Waals surface area contributed by atoms with E-state index in [1.54, 1.807) is 17.0 Å². The molecule has 0 bridgehead atoms. The van der Waals surface area contributed by atoms with Crippen LogP contribution >= 0.6 is 11.6 Å². The molecule has 0 saturated carbocycles. The second-order valence-corrected chi connectivity index (χ2v) is 6.62. The predicted molar refractivity (Wildman–Crippen MR) is 92.9 cm³/mol. The van der Waals surface area contributed by atoms with Crippen LogP contribution in [0.15, 0.2) is 36.7 Å². The SMILES string of the molecule is O=C(c1cncc(Cl)c1)N1CCCCC1c1nc2ccc(F)cc2[nH]1. The zero-order valence-corrected chi connectivity index (χ0v) is 14.1. The first kappa shape index (κ1) is 16.0. The van der Waals surface area contributed by atoms with Crippen molar-refractivity contribution in [2.24, 2.45) is 0 Å². The van der Waals surface area contributed by atoms with Crippen molar-refractivity contribution < 1.29 is 9.18 Å². The Morgan fingerprint density at radius 3 is 3.00 bits per heavy atom. The van der Waals surface area contributed by atoms with E-state index in [9.17, 15) is 9.18 Å². The van der Waals surface area contributed by atoms with Gasteiger partial charge in [-0.15, -0.1) is 0 Å². The van der Waals surface area contributed by atoms with E-state index < -0.39 is 0 Å². The van der Waals surface area contributed by atoms with Gasteiger partial charge in [0.15, 0.2) is 0 Å². The second-order valence-electron chi connectivity index (χ2n) is 6.19. The van der Waals surface area contributed by atoms with Crippen LogP contribution in [0.3, 0.4) is 0 Å². The molecule has 7 heteroatoms. The molecule has 1 N–H and O–H groups in total. The van der Waals surface area contributed by atoms with Crippen molar-refractivity contribution in [1.29, 1.82) is 0 Å². The van der Waals surface area contributed by atoms with Crippen LogP contribution < -0.4 is 0 Å². The van der Waals surface area contributed by atoms with Crippen LogP contribution in [0.2, 0.25) is 5.02 Å². The average molecular weight is 359 g/mol. The van der Waals surface area contributed by atoms with Gasteiger partial charge in [-0.3, -0.25) is 9.78 Å². The lowest BCUT2D eigenvalue weighted by molar-refractivity contribution is 0.0601.